The zero-order valence-electron chi connectivity index (χ0n) is 16.1. The van der Waals surface area contributed by atoms with Crippen molar-refractivity contribution in [1.82, 2.24) is 19.8 Å². The van der Waals surface area contributed by atoms with Crippen molar-refractivity contribution >= 4 is 21.8 Å². The second-order valence-electron chi connectivity index (χ2n) is 6.66. The molecule has 1 aliphatic rings. The van der Waals surface area contributed by atoms with Gasteiger partial charge in [-0.15, -0.1) is 0 Å². The number of nitrogens with zero attached hydrogens (tertiary/aromatic N) is 2. The number of hydrogen-bond donors (Lipinski definition) is 2. The van der Waals surface area contributed by atoms with Gasteiger partial charge in [0.1, 0.15) is 0 Å². The summed E-state index contributed by atoms with van der Waals surface area (Å²) in [5, 5.41) is 5.42. The third-order valence-electron chi connectivity index (χ3n) is 4.70. The zero-order valence-corrected chi connectivity index (χ0v) is 16.9. The normalized spacial score (nSPS) is 17.3. The highest BCUT2D eigenvalue weighted by Crippen LogP contribution is 2.18. The highest BCUT2D eigenvalue weighted by molar-refractivity contribution is 7.89. The van der Waals surface area contributed by atoms with Gasteiger partial charge in [0.05, 0.1) is 11.4 Å². The number of amides is 2. The van der Waals surface area contributed by atoms with Gasteiger partial charge in [-0.05, 0) is 37.6 Å². The Labute approximate surface area is 161 Å². The lowest BCUT2D eigenvalue weighted by Crippen LogP contribution is -2.51. The molecule has 1 unspecified atom stereocenters. The van der Waals surface area contributed by atoms with E-state index in [4.69, 9.17) is 0 Å². The average molecular weight is 397 g/mol. The van der Waals surface area contributed by atoms with Crippen molar-refractivity contribution < 1.29 is 18.0 Å². The van der Waals surface area contributed by atoms with Crippen LogP contribution in [0.4, 0.5) is 0 Å². The summed E-state index contributed by atoms with van der Waals surface area (Å²) in [5.74, 6) is -0.298. The maximum Gasteiger partial charge on any atom is 0.251 e. The summed E-state index contributed by atoms with van der Waals surface area (Å²) in [5.41, 5.74) is 0.411. The van der Waals surface area contributed by atoms with Crippen LogP contribution in [0.2, 0.25) is 0 Å². The minimum atomic E-state index is -3.61. The van der Waals surface area contributed by atoms with Crippen LogP contribution in [0.15, 0.2) is 29.2 Å². The quantitative estimate of drug-likeness (QED) is 0.689. The van der Waals surface area contributed by atoms with E-state index in [0.29, 0.717) is 31.7 Å². The topological polar surface area (TPSA) is 98.8 Å². The minimum Gasteiger partial charge on any atom is -0.355 e. The second-order valence-corrected chi connectivity index (χ2v) is 8.60. The molecule has 0 radical (unpaired) electrons. The van der Waals surface area contributed by atoms with E-state index in [1.807, 2.05) is 18.7 Å². The molecule has 2 rings (SSSR count). The highest BCUT2D eigenvalue weighted by Gasteiger charge is 2.29. The lowest BCUT2D eigenvalue weighted by molar-refractivity contribution is -0.123. The summed E-state index contributed by atoms with van der Waals surface area (Å²) >= 11 is 0. The fourth-order valence-electron chi connectivity index (χ4n) is 2.83. The first-order valence-corrected chi connectivity index (χ1v) is 10.6. The van der Waals surface area contributed by atoms with Gasteiger partial charge in [-0.1, -0.05) is 6.92 Å². The number of piperazine rings is 1. The highest BCUT2D eigenvalue weighted by atomic mass is 32.2. The van der Waals surface area contributed by atoms with Crippen LogP contribution < -0.4 is 10.6 Å². The van der Waals surface area contributed by atoms with Gasteiger partial charge in [0.2, 0.25) is 15.9 Å². The van der Waals surface area contributed by atoms with Gasteiger partial charge in [-0.25, -0.2) is 8.42 Å². The van der Waals surface area contributed by atoms with Crippen LogP contribution in [0, 0.1) is 0 Å². The van der Waals surface area contributed by atoms with E-state index in [2.05, 4.69) is 10.6 Å². The van der Waals surface area contributed by atoms with Gasteiger partial charge < -0.3 is 10.6 Å². The van der Waals surface area contributed by atoms with Crippen LogP contribution in [0.25, 0.3) is 0 Å². The predicted octanol–water partition coefficient (Wildman–Crippen LogP) is 0.267. The van der Waals surface area contributed by atoms with Crippen LogP contribution in [-0.2, 0) is 14.8 Å². The second kappa shape index (κ2) is 9.29. The van der Waals surface area contributed by atoms with Gasteiger partial charge in [-0.3, -0.25) is 14.5 Å². The van der Waals surface area contributed by atoms with Crippen LogP contribution >= 0.6 is 0 Å². The van der Waals surface area contributed by atoms with E-state index < -0.39 is 10.0 Å². The Balaban J connectivity index is 1.94. The first kappa shape index (κ1) is 21.3. The van der Waals surface area contributed by atoms with Crippen molar-refractivity contribution in [1.29, 1.82) is 0 Å². The summed E-state index contributed by atoms with van der Waals surface area (Å²) < 4.78 is 27.0. The molecule has 9 heteroatoms. The molecular weight excluding hydrogens is 368 g/mol. The summed E-state index contributed by atoms with van der Waals surface area (Å²) in [7, 11) is -2.09. The minimum absolute atomic E-state index is 0.0366. The van der Waals surface area contributed by atoms with E-state index in [1.165, 1.54) is 35.6 Å². The number of hydrogen-bond acceptors (Lipinski definition) is 5. The number of rotatable bonds is 7. The van der Waals surface area contributed by atoms with Crippen molar-refractivity contribution in [3.63, 3.8) is 0 Å². The molecule has 2 N–H and O–H groups in total. The van der Waals surface area contributed by atoms with Gasteiger partial charge in [0, 0.05) is 44.8 Å². The Bertz CT molecular complexity index is 756. The lowest BCUT2D eigenvalue weighted by Gasteiger charge is -2.33. The predicted molar refractivity (Wildman–Crippen MR) is 103 cm³/mol. The fraction of sp³-hybridized carbons (Fsp3) is 0.556. The first-order chi connectivity index (χ1) is 12.8. The van der Waals surface area contributed by atoms with Gasteiger partial charge in [-0.2, -0.15) is 4.31 Å². The molecule has 1 aromatic rings. The molecule has 0 spiro atoms. The van der Waals surface area contributed by atoms with Crippen molar-refractivity contribution in [3.8, 4) is 0 Å². The Kier molecular flexibility index (Phi) is 7.34. The van der Waals surface area contributed by atoms with Crippen molar-refractivity contribution in [2.75, 3.05) is 39.8 Å². The third kappa shape index (κ3) is 5.50. The van der Waals surface area contributed by atoms with Crippen LogP contribution in [0.3, 0.4) is 0 Å². The molecule has 1 aliphatic heterocycles. The number of carbonyl (C=O) groups is 2. The third-order valence-corrected chi connectivity index (χ3v) is 6.61. The van der Waals surface area contributed by atoms with Gasteiger partial charge in [0.25, 0.3) is 5.91 Å². The lowest BCUT2D eigenvalue weighted by atomic mass is 10.2. The molecule has 0 bridgehead atoms. The molecule has 2 amide bonds. The molecule has 150 valence electrons. The number of carbonyl (C=O) groups excluding carboxylic acids is 2. The SMILES string of the molecule is CCC(C)NC(=O)CN1CCN(S(=O)(=O)c2ccc(C(=O)NC)cc2)CC1. The summed E-state index contributed by atoms with van der Waals surface area (Å²) in [6.07, 6.45) is 0.871. The van der Waals surface area contributed by atoms with Crippen LogP contribution in [0.5, 0.6) is 0 Å². The van der Waals surface area contributed by atoms with E-state index in [-0.39, 0.29) is 29.3 Å². The Morgan fingerprint density at radius 1 is 1.11 bits per heavy atom. The molecule has 1 atom stereocenters. The monoisotopic (exact) mass is 396 g/mol. The van der Waals surface area contributed by atoms with E-state index in [1.54, 1.807) is 0 Å². The zero-order chi connectivity index (χ0) is 20.0. The largest absolute Gasteiger partial charge is 0.355 e. The van der Waals surface area contributed by atoms with Crippen LogP contribution in [0.1, 0.15) is 30.6 Å². The maximum absolute atomic E-state index is 12.8. The molecule has 1 saturated heterocycles. The first-order valence-electron chi connectivity index (χ1n) is 9.12. The average Bonchev–Trinajstić information content (AvgIpc) is 2.67. The van der Waals surface area contributed by atoms with Gasteiger partial charge >= 0.3 is 0 Å². The van der Waals surface area contributed by atoms with Crippen molar-refractivity contribution in [2.24, 2.45) is 0 Å². The Morgan fingerprint density at radius 3 is 2.22 bits per heavy atom. The molecule has 0 saturated carbocycles. The summed E-state index contributed by atoms with van der Waals surface area (Å²) in [6.45, 7) is 5.91. The molecule has 0 aliphatic carbocycles. The molecule has 1 heterocycles. The number of benzene rings is 1. The standard InChI is InChI=1S/C18H28N4O4S/c1-4-14(2)20-17(23)13-21-9-11-22(12-10-21)27(25,26)16-7-5-15(6-8-16)18(24)19-3/h5-8,14H,4,9-13H2,1-3H3,(H,19,24)(H,20,23). The van der Waals surface area contributed by atoms with E-state index in [9.17, 15) is 18.0 Å². The molecule has 8 nitrogen and oxygen atoms in total. The molecule has 0 aromatic heterocycles. The number of sulfonamides is 1. The molecule has 1 aromatic carbocycles. The van der Waals surface area contributed by atoms with E-state index >= 15 is 0 Å². The van der Waals surface area contributed by atoms with Crippen molar-refractivity contribution in [2.45, 2.75) is 31.2 Å². The molecular formula is C18H28N4O4S. The summed E-state index contributed by atoms with van der Waals surface area (Å²) in [4.78, 5) is 25.7. The van der Waals surface area contributed by atoms with Crippen LogP contribution in [-0.4, -0.2) is 75.3 Å². The summed E-state index contributed by atoms with van der Waals surface area (Å²) in [6, 6.07) is 6.04. The Morgan fingerprint density at radius 2 is 1.70 bits per heavy atom. The van der Waals surface area contributed by atoms with E-state index in [0.717, 1.165) is 6.42 Å². The fourth-order valence-corrected chi connectivity index (χ4v) is 4.25. The van der Waals surface area contributed by atoms with Crippen molar-refractivity contribution in [3.05, 3.63) is 29.8 Å². The molecule has 27 heavy (non-hydrogen) atoms. The smallest absolute Gasteiger partial charge is 0.251 e. The molecule has 1 fully saturated rings. The maximum atomic E-state index is 12.8. The Hall–Kier alpha value is -1.97. The number of nitrogens with one attached hydrogen (secondary N) is 2. The van der Waals surface area contributed by atoms with Gasteiger partial charge in [0.15, 0.2) is 0 Å².